The Morgan fingerprint density at radius 2 is 1.76 bits per heavy atom. The van der Waals surface area contributed by atoms with Crippen LogP contribution in [0.1, 0.15) is 12.8 Å². The number of carbonyl (C=O) groups excluding carboxylic acids is 2. The Labute approximate surface area is 188 Å². The lowest BCUT2D eigenvalue weighted by Gasteiger charge is -2.31. The van der Waals surface area contributed by atoms with E-state index in [1.165, 1.54) is 34.9 Å². The number of aromatic nitrogens is 1. The first kappa shape index (κ1) is 24.5. The summed E-state index contributed by atoms with van der Waals surface area (Å²) in [4.78, 5) is 28.0. The van der Waals surface area contributed by atoms with Crippen molar-refractivity contribution < 1.29 is 35.9 Å². The Morgan fingerprint density at radius 3 is 2.33 bits per heavy atom. The molecule has 0 atom stereocenters. The first-order valence-corrected chi connectivity index (χ1v) is 11.3. The van der Waals surface area contributed by atoms with Crippen LogP contribution in [0.2, 0.25) is 0 Å². The van der Waals surface area contributed by atoms with E-state index < -0.39 is 33.9 Å². The number of halogens is 3. The van der Waals surface area contributed by atoms with Gasteiger partial charge in [0.2, 0.25) is 10.0 Å². The molecule has 2 heterocycles. The quantitative estimate of drug-likeness (QED) is 0.604. The molecule has 0 radical (unpaired) electrons. The van der Waals surface area contributed by atoms with Crippen molar-refractivity contribution in [1.82, 2.24) is 14.6 Å². The maximum absolute atomic E-state index is 12.6. The molecular formula is C20H21F3N4O5S. The van der Waals surface area contributed by atoms with Crippen molar-refractivity contribution >= 4 is 27.5 Å². The topological polar surface area (TPSA) is 118 Å². The number of piperidine rings is 1. The number of alkyl halides is 3. The van der Waals surface area contributed by atoms with E-state index in [0.29, 0.717) is 12.8 Å². The van der Waals surface area contributed by atoms with Gasteiger partial charge in [0, 0.05) is 37.7 Å². The summed E-state index contributed by atoms with van der Waals surface area (Å²) in [6.07, 6.45) is -1.05. The van der Waals surface area contributed by atoms with Crippen LogP contribution >= 0.6 is 0 Å². The molecule has 2 aromatic rings. The molecule has 178 valence electrons. The summed E-state index contributed by atoms with van der Waals surface area (Å²) in [5.74, 6) is -2.35. The summed E-state index contributed by atoms with van der Waals surface area (Å²) < 4.78 is 66.8. The van der Waals surface area contributed by atoms with E-state index in [1.807, 2.05) is 0 Å². The lowest BCUT2D eigenvalue weighted by Crippen LogP contribution is -2.43. The van der Waals surface area contributed by atoms with Gasteiger partial charge in [-0.3, -0.25) is 14.6 Å². The smallest absolute Gasteiger partial charge is 0.406 e. The molecule has 0 bridgehead atoms. The van der Waals surface area contributed by atoms with E-state index in [0.717, 1.165) is 12.1 Å². The first-order chi connectivity index (χ1) is 15.5. The van der Waals surface area contributed by atoms with Gasteiger partial charge in [-0.15, -0.1) is 13.2 Å². The van der Waals surface area contributed by atoms with Crippen molar-refractivity contribution in [2.75, 3.05) is 25.0 Å². The monoisotopic (exact) mass is 486 g/mol. The molecule has 33 heavy (non-hydrogen) atoms. The fourth-order valence-corrected chi connectivity index (χ4v) is 4.68. The standard InChI is InChI=1S/C20H21F3N4O5S/c21-20(22,23)32-16-5-3-15(4-6-16)26-19(29)18(28)25-12-14-7-10-27(11-8-14)33(30,31)17-2-1-9-24-13-17/h1-6,9,13-14H,7-8,10-12H2,(H,25,28)(H,26,29). The molecule has 1 aromatic heterocycles. The maximum atomic E-state index is 12.6. The zero-order chi connectivity index (χ0) is 24.1. The molecule has 0 saturated carbocycles. The number of nitrogens with zero attached hydrogens (tertiary/aromatic N) is 2. The van der Waals surface area contributed by atoms with Gasteiger partial charge in [-0.1, -0.05) is 0 Å². The van der Waals surface area contributed by atoms with E-state index >= 15 is 0 Å². The number of anilines is 1. The third kappa shape index (κ3) is 6.89. The summed E-state index contributed by atoms with van der Waals surface area (Å²) in [5, 5.41) is 4.78. The highest BCUT2D eigenvalue weighted by Gasteiger charge is 2.31. The fraction of sp³-hybridized carbons (Fsp3) is 0.350. The highest BCUT2D eigenvalue weighted by molar-refractivity contribution is 7.89. The predicted molar refractivity (Wildman–Crippen MR) is 110 cm³/mol. The Kier molecular flexibility index (Phi) is 7.53. The van der Waals surface area contributed by atoms with Crippen molar-refractivity contribution in [3.8, 4) is 5.75 Å². The van der Waals surface area contributed by atoms with Gasteiger partial charge < -0.3 is 15.4 Å². The molecule has 0 unspecified atom stereocenters. The highest BCUT2D eigenvalue weighted by atomic mass is 32.2. The summed E-state index contributed by atoms with van der Waals surface area (Å²) in [6, 6.07) is 7.38. The van der Waals surface area contributed by atoms with E-state index in [2.05, 4.69) is 20.4 Å². The van der Waals surface area contributed by atoms with Gasteiger partial charge in [0.15, 0.2) is 0 Å². The fourth-order valence-electron chi connectivity index (χ4n) is 3.25. The number of carbonyl (C=O) groups is 2. The Bertz CT molecular complexity index is 1070. The first-order valence-electron chi connectivity index (χ1n) is 9.90. The molecule has 13 heteroatoms. The molecule has 9 nitrogen and oxygen atoms in total. The highest BCUT2D eigenvalue weighted by Crippen LogP contribution is 2.24. The third-order valence-corrected chi connectivity index (χ3v) is 6.83. The van der Waals surface area contributed by atoms with Gasteiger partial charge in [-0.2, -0.15) is 4.31 Å². The molecule has 1 aliphatic rings. The lowest BCUT2D eigenvalue weighted by atomic mass is 9.98. The minimum Gasteiger partial charge on any atom is -0.406 e. The second-order valence-electron chi connectivity index (χ2n) is 7.27. The summed E-state index contributed by atoms with van der Waals surface area (Å²) in [7, 11) is -3.63. The van der Waals surface area contributed by atoms with Crippen molar-refractivity contribution in [3.63, 3.8) is 0 Å². The zero-order valence-corrected chi connectivity index (χ0v) is 18.0. The molecule has 0 aliphatic carbocycles. The van der Waals surface area contributed by atoms with E-state index in [9.17, 15) is 31.2 Å². The van der Waals surface area contributed by atoms with Gasteiger partial charge in [0.1, 0.15) is 10.6 Å². The molecule has 1 fully saturated rings. The van der Waals surface area contributed by atoms with Gasteiger partial charge in [0.05, 0.1) is 0 Å². The summed E-state index contributed by atoms with van der Waals surface area (Å²) in [5.41, 5.74) is 0.124. The Hall–Kier alpha value is -3.19. The number of rotatable bonds is 6. The SMILES string of the molecule is O=C(NCC1CCN(S(=O)(=O)c2cccnc2)CC1)C(=O)Nc1ccc(OC(F)(F)F)cc1. The number of nitrogens with one attached hydrogen (secondary N) is 2. The number of hydrogen-bond donors (Lipinski definition) is 2. The van der Waals surface area contributed by atoms with E-state index in [4.69, 9.17) is 0 Å². The van der Waals surface area contributed by atoms with Crippen molar-refractivity contribution in [3.05, 3.63) is 48.8 Å². The normalized spacial score (nSPS) is 15.6. The van der Waals surface area contributed by atoms with Crippen LogP contribution in [0.25, 0.3) is 0 Å². The van der Waals surface area contributed by atoms with Crippen LogP contribution < -0.4 is 15.4 Å². The van der Waals surface area contributed by atoms with Crippen LogP contribution in [0.4, 0.5) is 18.9 Å². The van der Waals surface area contributed by atoms with Crippen molar-refractivity contribution in [2.45, 2.75) is 24.1 Å². The molecule has 1 saturated heterocycles. The summed E-state index contributed by atoms with van der Waals surface area (Å²) >= 11 is 0. The molecular weight excluding hydrogens is 465 g/mol. The number of sulfonamides is 1. The van der Waals surface area contributed by atoms with Gasteiger partial charge in [0.25, 0.3) is 0 Å². The number of hydrogen-bond acceptors (Lipinski definition) is 6. The molecule has 2 amide bonds. The number of pyridine rings is 1. The predicted octanol–water partition coefficient (Wildman–Crippen LogP) is 2.14. The molecule has 0 spiro atoms. The number of ether oxygens (including phenoxy) is 1. The van der Waals surface area contributed by atoms with Crippen LogP contribution in [-0.2, 0) is 19.6 Å². The number of amides is 2. The second-order valence-corrected chi connectivity index (χ2v) is 9.21. The molecule has 3 rings (SSSR count). The largest absolute Gasteiger partial charge is 0.573 e. The minimum absolute atomic E-state index is 0.0131. The van der Waals surface area contributed by atoms with E-state index in [-0.39, 0.29) is 36.1 Å². The molecule has 1 aromatic carbocycles. The minimum atomic E-state index is -4.83. The lowest BCUT2D eigenvalue weighted by molar-refractivity contribution is -0.274. The van der Waals surface area contributed by atoms with Crippen LogP contribution in [0.5, 0.6) is 5.75 Å². The molecule has 2 N–H and O–H groups in total. The van der Waals surface area contributed by atoms with Crippen LogP contribution in [0.15, 0.2) is 53.7 Å². The van der Waals surface area contributed by atoms with Crippen molar-refractivity contribution in [1.29, 1.82) is 0 Å². The van der Waals surface area contributed by atoms with Crippen LogP contribution in [0.3, 0.4) is 0 Å². The third-order valence-electron chi connectivity index (χ3n) is 4.95. The van der Waals surface area contributed by atoms with E-state index in [1.54, 1.807) is 6.07 Å². The van der Waals surface area contributed by atoms with Gasteiger partial charge >= 0.3 is 18.2 Å². The maximum Gasteiger partial charge on any atom is 0.573 e. The number of benzene rings is 1. The Morgan fingerprint density at radius 1 is 1.09 bits per heavy atom. The van der Waals surface area contributed by atoms with Crippen LogP contribution in [0, 0.1) is 5.92 Å². The van der Waals surface area contributed by atoms with Crippen LogP contribution in [-0.4, -0.2) is 55.5 Å². The average Bonchev–Trinajstić information content (AvgIpc) is 2.78. The molecule has 1 aliphatic heterocycles. The van der Waals surface area contributed by atoms with Gasteiger partial charge in [-0.05, 0) is 55.2 Å². The second kappa shape index (κ2) is 10.2. The summed E-state index contributed by atoms with van der Waals surface area (Å²) in [6.45, 7) is 0.734. The zero-order valence-electron chi connectivity index (χ0n) is 17.2. The van der Waals surface area contributed by atoms with Gasteiger partial charge in [-0.25, -0.2) is 8.42 Å². The van der Waals surface area contributed by atoms with Crippen molar-refractivity contribution in [2.24, 2.45) is 5.92 Å². The Balaban J connectivity index is 1.43. The average molecular weight is 486 g/mol.